The van der Waals surface area contributed by atoms with Gasteiger partial charge in [-0.15, -0.1) is 0 Å². The van der Waals surface area contributed by atoms with E-state index in [1.54, 1.807) is 6.20 Å². The van der Waals surface area contributed by atoms with Crippen LogP contribution in [0, 0.1) is 11.7 Å². The van der Waals surface area contributed by atoms with Crippen LogP contribution in [0.25, 0.3) is 10.9 Å². The van der Waals surface area contributed by atoms with E-state index in [0.29, 0.717) is 36.0 Å². The Bertz CT molecular complexity index is 1270. The van der Waals surface area contributed by atoms with Crippen molar-refractivity contribution in [3.8, 4) is 0 Å². The summed E-state index contributed by atoms with van der Waals surface area (Å²) in [7, 11) is 0. The van der Waals surface area contributed by atoms with Crippen LogP contribution >= 0.6 is 0 Å². The molecule has 2 heterocycles. The molecule has 6 rings (SSSR count). The predicted octanol–water partition coefficient (Wildman–Crippen LogP) is 4.89. The number of aromatic nitrogens is 3. The van der Waals surface area contributed by atoms with Crippen molar-refractivity contribution in [2.75, 3.05) is 5.32 Å². The van der Waals surface area contributed by atoms with Gasteiger partial charge >= 0.3 is 0 Å². The topological polar surface area (TPSA) is 59.8 Å². The minimum Gasteiger partial charge on any atom is -0.365 e. The molecule has 3 saturated carbocycles. The van der Waals surface area contributed by atoms with Crippen molar-refractivity contribution in [2.24, 2.45) is 5.92 Å². The first-order chi connectivity index (χ1) is 15.0. The van der Waals surface area contributed by atoms with E-state index in [1.807, 2.05) is 0 Å². The molecule has 168 valence electrons. The van der Waals surface area contributed by atoms with Crippen molar-refractivity contribution in [3.63, 3.8) is 0 Å². The van der Waals surface area contributed by atoms with Crippen LogP contribution in [0.3, 0.4) is 0 Å². The molecule has 0 radical (unpaired) electrons. The van der Waals surface area contributed by atoms with E-state index in [-0.39, 0.29) is 17.7 Å². The Morgan fingerprint density at radius 3 is 2.59 bits per heavy atom. The Morgan fingerprint density at radius 2 is 1.94 bits per heavy atom. The fourth-order valence-electron chi connectivity index (χ4n) is 4.88. The molecule has 9 heteroatoms. The van der Waals surface area contributed by atoms with Crippen molar-refractivity contribution in [1.82, 2.24) is 14.5 Å². The smallest absolute Gasteiger partial charge is 0.278 e. The molecule has 3 aromatic rings. The number of alkyl halides is 3. The molecule has 3 fully saturated rings. The number of hydrogen-bond donors (Lipinski definition) is 1. The van der Waals surface area contributed by atoms with Crippen LogP contribution in [-0.2, 0) is 18.0 Å². The number of pyridine rings is 1. The number of hydrogen-bond acceptors (Lipinski definition) is 4. The molecule has 2 bridgehead atoms. The van der Waals surface area contributed by atoms with Crippen LogP contribution in [0.1, 0.15) is 44.2 Å². The molecular formula is C23H22F4N4O. The molecule has 1 N–H and O–H groups in total. The second kappa shape index (κ2) is 6.76. The summed E-state index contributed by atoms with van der Waals surface area (Å²) in [5, 5.41) is 3.50. The van der Waals surface area contributed by atoms with E-state index >= 15 is 0 Å². The van der Waals surface area contributed by atoms with Gasteiger partial charge in [0, 0.05) is 49.6 Å². The van der Waals surface area contributed by atoms with Gasteiger partial charge in [-0.3, -0.25) is 4.79 Å². The number of anilines is 1. The maximum atomic E-state index is 14.9. The third-order valence-electron chi connectivity index (χ3n) is 6.73. The van der Waals surface area contributed by atoms with Crippen molar-refractivity contribution < 1.29 is 17.6 Å². The van der Waals surface area contributed by atoms with Gasteiger partial charge in [0.15, 0.2) is 0 Å². The number of fused-ring (bicyclic) bond motifs is 1. The molecule has 0 spiro atoms. The normalized spacial score (nSPS) is 24.3. The van der Waals surface area contributed by atoms with Crippen LogP contribution in [0.5, 0.6) is 0 Å². The average Bonchev–Trinajstić information content (AvgIpc) is 2.69. The number of halogens is 4. The standard InChI is InChI=1S/C23H22F4N4O/c1-13(2)23(26,27)16-5-3-4-14(19(16)24)7-28-20-15-8-31(22-9-21(25,10-22)11-22)18(32)6-17(15)29-12-30-20/h3-6,8,12-13H,7,9-11H2,1-2H3,(H,28,29,30). The van der Waals surface area contributed by atoms with E-state index in [4.69, 9.17) is 0 Å². The number of benzene rings is 1. The molecule has 5 nitrogen and oxygen atoms in total. The van der Waals surface area contributed by atoms with Gasteiger partial charge in [0.1, 0.15) is 23.6 Å². The Morgan fingerprint density at radius 1 is 1.22 bits per heavy atom. The largest absolute Gasteiger partial charge is 0.365 e. The third-order valence-corrected chi connectivity index (χ3v) is 6.73. The molecule has 0 atom stereocenters. The summed E-state index contributed by atoms with van der Waals surface area (Å²) in [4.78, 5) is 20.9. The van der Waals surface area contributed by atoms with Crippen molar-refractivity contribution in [2.45, 2.75) is 56.8 Å². The maximum absolute atomic E-state index is 14.9. The van der Waals surface area contributed by atoms with Crippen LogP contribution in [0.2, 0.25) is 0 Å². The van der Waals surface area contributed by atoms with Gasteiger partial charge in [-0.2, -0.15) is 0 Å². The zero-order chi connectivity index (χ0) is 22.9. The summed E-state index contributed by atoms with van der Waals surface area (Å²) in [6.45, 7) is 2.60. The first-order valence-electron chi connectivity index (χ1n) is 10.5. The lowest BCUT2D eigenvalue weighted by atomic mass is 9.47. The molecule has 32 heavy (non-hydrogen) atoms. The monoisotopic (exact) mass is 446 g/mol. The van der Waals surface area contributed by atoms with E-state index in [9.17, 15) is 22.4 Å². The Hall–Kier alpha value is -2.97. The first kappa shape index (κ1) is 20.9. The van der Waals surface area contributed by atoms with Crippen molar-refractivity contribution in [3.05, 3.63) is 64.1 Å². The van der Waals surface area contributed by atoms with Crippen LogP contribution in [-0.4, -0.2) is 20.2 Å². The molecule has 0 saturated heterocycles. The molecule has 1 aromatic carbocycles. The minimum absolute atomic E-state index is 0.0710. The SMILES string of the molecule is CC(C)C(F)(F)c1cccc(CNc2ncnc3cc(=O)n(C45CC(F)(C4)C5)cc23)c1F. The summed E-state index contributed by atoms with van der Waals surface area (Å²) in [6, 6.07) is 5.30. The highest BCUT2D eigenvalue weighted by Crippen LogP contribution is 2.67. The molecular weight excluding hydrogens is 424 g/mol. The summed E-state index contributed by atoms with van der Waals surface area (Å²) < 4.78 is 59.2. The van der Waals surface area contributed by atoms with E-state index in [0.717, 1.165) is 6.07 Å². The van der Waals surface area contributed by atoms with Gasteiger partial charge in [0.2, 0.25) is 0 Å². The highest BCUT2D eigenvalue weighted by atomic mass is 19.3. The van der Waals surface area contributed by atoms with Crippen molar-refractivity contribution >= 4 is 16.7 Å². The quantitative estimate of drug-likeness (QED) is 0.548. The number of rotatable bonds is 6. The average molecular weight is 446 g/mol. The lowest BCUT2D eigenvalue weighted by Gasteiger charge is -2.66. The predicted molar refractivity (Wildman–Crippen MR) is 112 cm³/mol. The fraction of sp³-hybridized carbons (Fsp3) is 0.435. The van der Waals surface area contributed by atoms with E-state index in [1.165, 1.54) is 42.9 Å². The summed E-state index contributed by atoms with van der Waals surface area (Å²) >= 11 is 0. The lowest BCUT2D eigenvalue weighted by molar-refractivity contribution is -0.199. The molecule has 2 aromatic heterocycles. The van der Waals surface area contributed by atoms with Gasteiger partial charge in [-0.05, 0) is 0 Å². The highest BCUT2D eigenvalue weighted by Gasteiger charge is 2.70. The second-order valence-corrected chi connectivity index (χ2v) is 9.32. The number of nitrogens with zero attached hydrogens (tertiary/aromatic N) is 3. The summed E-state index contributed by atoms with van der Waals surface area (Å²) in [5.74, 6) is -4.97. The molecule has 3 aliphatic rings. The zero-order valence-corrected chi connectivity index (χ0v) is 17.6. The van der Waals surface area contributed by atoms with Crippen LogP contribution in [0.4, 0.5) is 23.4 Å². The number of nitrogens with one attached hydrogen (secondary N) is 1. The van der Waals surface area contributed by atoms with Gasteiger partial charge in [-0.1, -0.05) is 32.0 Å². The first-order valence-corrected chi connectivity index (χ1v) is 10.5. The van der Waals surface area contributed by atoms with Crippen molar-refractivity contribution in [1.29, 1.82) is 0 Å². The molecule has 0 unspecified atom stereocenters. The molecule has 3 aliphatic carbocycles. The van der Waals surface area contributed by atoms with Gasteiger partial charge in [0.05, 0.1) is 22.0 Å². The molecule has 0 amide bonds. The fourth-order valence-corrected chi connectivity index (χ4v) is 4.88. The zero-order valence-electron chi connectivity index (χ0n) is 17.6. The highest BCUT2D eigenvalue weighted by molar-refractivity contribution is 5.88. The second-order valence-electron chi connectivity index (χ2n) is 9.32. The summed E-state index contributed by atoms with van der Waals surface area (Å²) in [6.07, 6.45) is 3.81. The lowest BCUT2D eigenvalue weighted by Crippen LogP contribution is -2.71. The Kier molecular flexibility index (Phi) is 4.42. The minimum atomic E-state index is -3.30. The summed E-state index contributed by atoms with van der Waals surface area (Å²) in [5.41, 5.74) is -2.11. The Balaban J connectivity index is 1.46. The maximum Gasteiger partial charge on any atom is 0.278 e. The van der Waals surface area contributed by atoms with E-state index < -0.39 is 34.4 Å². The van der Waals surface area contributed by atoms with Gasteiger partial charge < -0.3 is 9.88 Å². The van der Waals surface area contributed by atoms with Crippen LogP contribution < -0.4 is 10.9 Å². The van der Waals surface area contributed by atoms with E-state index in [2.05, 4.69) is 15.3 Å². The third kappa shape index (κ3) is 3.01. The van der Waals surface area contributed by atoms with Gasteiger partial charge in [-0.25, -0.2) is 27.5 Å². The molecule has 0 aliphatic heterocycles. The van der Waals surface area contributed by atoms with Crippen LogP contribution in [0.15, 0.2) is 41.6 Å². The Labute approximate surface area is 181 Å². The van der Waals surface area contributed by atoms with Gasteiger partial charge in [0.25, 0.3) is 11.5 Å².